The second kappa shape index (κ2) is 8.46. The Kier molecular flexibility index (Phi) is 8.16. The number of Topliss-reactive ketones (excluding diaryl/α,β-unsaturated/α-hetero) is 1. The van der Waals surface area contributed by atoms with Crippen molar-refractivity contribution in [2.24, 2.45) is 0 Å². The van der Waals surface area contributed by atoms with E-state index >= 15 is 0 Å². The zero-order valence-corrected chi connectivity index (χ0v) is 13.3. The Morgan fingerprint density at radius 2 is 1.83 bits per heavy atom. The van der Waals surface area contributed by atoms with Crippen molar-refractivity contribution in [3.63, 3.8) is 0 Å². The molecule has 0 unspecified atom stereocenters. The maximum atomic E-state index is 11.9. The number of halogens is 1. The third kappa shape index (κ3) is 7.64. The molecule has 0 saturated heterocycles. The second-order valence-corrected chi connectivity index (χ2v) is 5.73. The number of hydrogen-bond donors (Lipinski definition) is 0. The summed E-state index contributed by atoms with van der Waals surface area (Å²) < 4.78 is 5.23. The molecule has 0 aromatic heterocycles. The number of esters is 1. The van der Waals surface area contributed by atoms with Gasteiger partial charge >= 0.3 is 5.97 Å². The summed E-state index contributed by atoms with van der Waals surface area (Å²) in [6.45, 7) is 7.48. The van der Waals surface area contributed by atoms with Crippen LogP contribution in [0.15, 0.2) is 11.6 Å². The SMILES string of the molecule is CCCCCC=C(C(=O)CBr)C(=O)OC(C)(C)C. The maximum Gasteiger partial charge on any atom is 0.341 e. The monoisotopic (exact) mass is 318 g/mol. The fraction of sp³-hybridized carbons (Fsp3) is 0.714. The molecule has 104 valence electrons. The van der Waals surface area contributed by atoms with Gasteiger partial charge in [0.05, 0.1) is 10.9 Å². The zero-order chi connectivity index (χ0) is 14.2. The van der Waals surface area contributed by atoms with Crippen molar-refractivity contribution >= 4 is 27.7 Å². The molecule has 4 heteroatoms. The van der Waals surface area contributed by atoms with Gasteiger partial charge in [0.15, 0.2) is 5.78 Å². The molecule has 0 atom stereocenters. The zero-order valence-electron chi connectivity index (χ0n) is 11.7. The number of ether oxygens (including phenoxy) is 1. The molecule has 0 fully saturated rings. The van der Waals surface area contributed by atoms with Crippen LogP contribution in [0.4, 0.5) is 0 Å². The molecule has 0 N–H and O–H groups in total. The van der Waals surface area contributed by atoms with Crippen LogP contribution in [0.25, 0.3) is 0 Å². The Morgan fingerprint density at radius 1 is 1.22 bits per heavy atom. The van der Waals surface area contributed by atoms with Gasteiger partial charge in [-0.3, -0.25) is 4.79 Å². The lowest BCUT2D eigenvalue weighted by atomic mass is 10.1. The first-order valence-electron chi connectivity index (χ1n) is 6.34. The Morgan fingerprint density at radius 3 is 2.28 bits per heavy atom. The van der Waals surface area contributed by atoms with Gasteiger partial charge in [-0.15, -0.1) is 0 Å². The highest BCUT2D eigenvalue weighted by Crippen LogP contribution is 2.14. The highest BCUT2D eigenvalue weighted by atomic mass is 79.9. The Balaban J connectivity index is 4.67. The Labute approximate surface area is 118 Å². The highest BCUT2D eigenvalue weighted by molar-refractivity contribution is 9.09. The van der Waals surface area contributed by atoms with Crippen LogP contribution in [-0.4, -0.2) is 22.7 Å². The molecule has 0 heterocycles. The van der Waals surface area contributed by atoms with E-state index in [0.717, 1.165) is 25.7 Å². The normalized spacial score (nSPS) is 12.4. The first-order chi connectivity index (χ1) is 8.31. The van der Waals surface area contributed by atoms with Gasteiger partial charge in [0.1, 0.15) is 5.60 Å². The lowest BCUT2D eigenvalue weighted by molar-refractivity contribution is -0.150. The second-order valence-electron chi connectivity index (χ2n) is 5.17. The van der Waals surface area contributed by atoms with E-state index in [2.05, 4.69) is 22.9 Å². The number of carbonyl (C=O) groups is 2. The molecule has 0 radical (unpaired) electrons. The van der Waals surface area contributed by atoms with E-state index < -0.39 is 11.6 Å². The van der Waals surface area contributed by atoms with Crippen molar-refractivity contribution in [2.45, 2.75) is 59.0 Å². The lowest BCUT2D eigenvalue weighted by Crippen LogP contribution is -2.27. The molecule has 3 nitrogen and oxygen atoms in total. The smallest absolute Gasteiger partial charge is 0.341 e. The summed E-state index contributed by atoms with van der Waals surface area (Å²) in [5.74, 6) is -0.746. The molecular weight excluding hydrogens is 296 g/mol. The van der Waals surface area contributed by atoms with Gasteiger partial charge in [-0.2, -0.15) is 0 Å². The summed E-state index contributed by atoms with van der Waals surface area (Å²) >= 11 is 3.09. The quantitative estimate of drug-likeness (QED) is 0.179. The Hall–Kier alpha value is -0.640. The van der Waals surface area contributed by atoms with Crippen molar-refractivity contribution in [1.82, 2.24) is 0 Å². The number of allylic oxidation sites excluding steroid dienone is 1. The summed E-state index contributed by atoms with van der Waals surface area (Å²) in [6, 6.07) is 0. The summed E-state index contributed by atoms with van der Waals surface area (Å²) in [6.07, 6.45) is 5.63. The van der Waals surface area contributed by atoms with E-state index in [4.69, 9.17) is 4.74 Å². The molecule has 0 saturated carbocycles. The summed E-state index contributed by atoms with van der Waals surface area (Å²) in [7, 11) is 0. The maximum absolute atomic E-state index is 11.9. The minimum Gasteiger partial charge on any atom is -0.456 e. The predicted octanol–water partition coefficient (Wildman–Crippen LogP) is 3.80. The van der Waals surface area contributed by atoms with Gasteiger partial charge in [-0.05, 0) is 33.6 Å². The summed E-state index contributed by atoms with van der Waals surface area (Å²) in [5.41, 5.74) is -0.412. The molecule has 0 amide bonds. The van der Waals surface area contributed by atoms with Crippen LogP contribution < -0.4 is 0 Å². The number of unbranched alkanes of at least 4 members (excludes halogenated alkanes) is 3. The van der Waals surface area contributed by atoms with Crippen LogP contribution >= 0.6 is 15.9 Å². The fourth-order valence-electron chi connectivity index (χ4n) is 1.36. The molecule has 0 aliphatic carbocycles. The van der Waals surface area contributed by atoms with Gasteiger partial charge in [-0.25, -0.2) is 4.79 Å². The van der Waals surface area contributed by atoms with Crippen molar-refractivity contribution < 1.29 is 14.3 Å². The number of ketones is 1. The number of rotatable bonds is 7. The minimum absolute atomic E-state index is 0.145. The minimum atomic E-state index is -0.577. The third-order valence-electron chi connectivity index (χ3n) is 2.20. The number of hydrogen-bond acceptors (Lipinski definition) is 3. The molecule has 0 aromatic rings. The van der Waals surface area contributed by atoms with Gasteiger partial charge in [0.2, 0.25) is 0 Å². The molecule has 18 heavy (non-hydrogen) atoms. The van der Waals surface area contributed by atoms with E-state index in [9.17, 15) is 9.59 Å². The molecule has 0 aliphatic heterocycles. The lowest BCUT2D eigenvalue weighted by Gasteiger charge is -2.20. The predicted molar refractivity (Wildman–Crippen MR) is 76.9 cm³/mol. The van der Waals surface area contributed by atoms with Crippen LogP contribution in [0, 0.1) is 0 Å². The van der Waals surface area contributed by atoms with Crippen molar-refractivity contribution in [3.05, 3.63) is 11.6 Å². The number of carbonyl (C=O) groups excluding carboxylic acids is 2. The van der Waals surface area contributed by atoms with E-state index in [0.29, 0.717) is 0 Å². The summed E-state index contributed by atoms with van der Waals surface area (Å²) in [5, 5.41) is 0.145. The summed E-state index contributed by atoms with van der Waals surface area (Å²) in [4.78, 5) is 23.6. The van der Waals surface area contributed by atoms with Crippen LogP contribution in [0.3, 0.4) is 0 Å². The highest BCUT2D eigenvalue weighted by Gasteiger charge is 2.23. The van der Waals surface area contributed by atoms with Crippen LogP contribution in [0.2, 0.25) is 0 Å². The van der Waals surface area contributed by atoms with Gasteiger partial charge in [0.25, 0.3) is 0 Å². The molecule has 0 bridgehead atoms. The van der Waals surface area contributed by atoms with Crippen LogP contribution in [0.5, 0.6) is 0 Å². The van der Waals surface area contributed by atoms with E-state index in [1.807, 2.05) is 0 Å². The van der Waals surface area contributed by atoms with Crippen LogP contribution in [0.1, 0.15) is 53.4 Å². The van der Waals surface area contributed by atoms with Crippen molar-refractivity contribution in [3.8, 4) is 0 Å². The van der Waals surface area contributed by atoms with E-state index in [1.54, 1.807) is 26.8 Å². The molecule has 0 aliphatic rings. The molecular formula is C14H23BrO3. The fourth-order valence-corrected chi connectivity index (χ4v) is 1.66. The first-order valence-corrected chi connectivity index (χ1v) is 7.46. The molecule has 0 spiro atoms. The van der Waals surface area contributed by atoms with Gasteiger partial charge < -0.3 is 4.74 Å². The van der Waals surface area contributed by atoms with Crippen molar-refractivity contribution in [1.29, 1.82) is 0 Å². The average Bonchev–Trinajstić information content (AvgIpc) is 2.25. The van der Waals surface area contributed by atoms with E-state index in [1.165, 1.54) is 0 Å². The molecule has 0 aromatic carbocycles. The third-order valence-corrected chi connectivity index (χ3v) is 2.71. The van der Waals surface area contributed by atoms with Gasteiger partial charge in [0, 0.05) is 0 Å². The average molecular weight is 319 g/mol. The van der Waals surface area contributed by atoms with Crippen molar-refractivity contribution in [2.75, 3.05) is 5.33 Å². The largest absolute Gasteiger partial charge is 0.456 e. The van der Waals surface area contributed by atoms with Crippen LogP contribution in [-0.2, 0) is 14.3 Å². The van der Waals surface area contributed by atoms with E-state index in [-0.39, 0.29) is 16.7 Å². The topological polar surface area (TPSA) is 43.4 Å². The molecule has 0 rings (SSSR count). The number of alkyl halides is 1. The standard InChI is InChI=1S/C14H23BrO3/c1-5-6-7-8-9-11(12(16)10-15)13(17)18-14(2,3)4/h9H,5-8,10H2,1-4H3. The Bertz CT molecular complexity index is 313. The first kappa shape index (κ1) is 17.4. The van der Waals surface area contributed by atoms with Gasteiger partial charge in [-0.1, -0.05) is 41.8 Å².